The maximum atomic E-state index is 13.9. The molecule has 8 heterocycles. The molecule has 0 radical (unpaired) electrons. The number of aryl methyl sites for hydroxylation is 2. The van der Waals surface area contributed by atoms with E-state index < -0.39 is 151 Å². The fourth-order valence-corrected chi connectivity index (χ4v) is 15.7. The van der Waals surface area contributed by atoms with Crippen LogP contribution in [0, 0.1) is 0 Å². The predicted octanol–water partition coefficient (Wildman–Crippen LogP) is -2.22. The number of anilines is 1. The number of aliphatic hydroxyl groups excluding tert-OH is 3. The zero-order valence-electron chi connectivity index (χ0n) is 74.4. The monoisotopic (exact) mass is 1880 g/mol. The Labute approximate surface area is 765 Å². The molecule has 3 fully saturated rings. The minimum Gasteiger partial charge on any atom is -0.479 e. The first kappa shape index (κ1) is 103. The molecule has 1 aliphatic carbocycles. The number of cyclic esters (lactones) is 1. The van der Waals surface area contributed by atoms with Gasteiger partial charge in [0.15, 0.2) is 11.7 Å². The first-order valence-electron chi connectivity index (χ1n) is 44.5. The van der Waals surface area contributed by atoms with E-state index in [0.717, 1.165) is 39.1 Å². The molecule has 0 bridgehead atoms. The average molecular weight is 1880 g/mol. The van der Waals surface area contributed by atoms with E-state index in [1.54, 1.807) is 36.8 Å². The fraction of sp³-hybridized carbons (Fsp3) is 0.625. The van der Waals surface area contributed by atoms with Gasteiger partial charge in [-0.2, -0.15) is 0 Å². The molecule has 732 valence electrons. The van der Waals surface area contributed by atoms with E-state index in [2.05, 4.69) is 37.2 Å². The molecule has 45 nitrogen and oxygen atoms in total. The predicted molar refractivity (Wildman–Crippen MR) is 459 cm³/mol. The van der Waals surface area contributed by atoms with Crippen LogP contribution in [0.15, 0.2) is 53.3 Å². The summed E-state index contributed by atoms with van der Waals surface area (Å²) in [7, 11) is 1.63. The molecular weight excluding hydrogens is 1760 g/mol. The molecule has 0 unspecified atom stereocenters. The van der Waals surface area contributed by atoms with Crippen LogP contribution in [0.1, 0.15) is 97.2 Å². The number of imide groups is 1. The van der Waals surface area contributed by atoms with Crippen LogP contribution >= 0.6 is 0 Å². The van der Waals surface area contributed by atoms with Crippen LogP contribution in [0.4, 0.5) is 10.5 Å². The number of carboxylic acids is 1. The molecule has 2 aromatic heterocycles. The zero-order valence-corrected chi connectivity index (χ0v) is 74.4. The zero-order chi connectivity index (χ0) is 94.6. The van der Waals surface area contributed by atoms with Crippen LogP contribution in [0.2, 0.25) is 0 Å². The Morgan fingerprint density at radius 3 is 1.73 bits per heavy atom. The summed E-state index contributed by atoms with van der Waals surface area (Å²) < 4.78 is 101. The molecule has 12 N–H and O–H groups in total. The lowest BCUT2D eigenvalue weighted by Crippen LogP contribution is -2.61. The van der Waals surface area contributed by atoms with Crippen LogP contribution in [-0.2, 0) is 173 Å². The molecule has 0 saturated carbocycles. The molecular formula is C88H120N10O35. The summed E-state index contributed by atoms with van der Waals surface area (Å²) >= 11 is 0. The number of alkyl carbamates (subject to hydrolysis) is 1. The number of aliphatic carboxylic acids is 1. The van der Waals surface area contributed by atoms with Crippen molar-refractivity contribution in [1.82, 2.24) is 46.4 Å². The third kappa shape index (κ3) is 29.9. The van der Waals surface area contributed by atoms with Crippen molar-refractivity contribution in [3.63, 3.8) is 0 Å². The quantitative estimate of drug-likeness (QED) is 0.0111. The minimum atomic E-state index is -2.06. The van der Waals surface area contributed by atoms with Gasteiger partial charge in [0.05, 0.1) is 206 Å². The second-order valence-electron chi connectivity index (χ2n) is 31.8. The molecule has 45 heteroatoms. The number of carbonyl (C=O) groups excluding carboxylic acids is 10. The van der Waals surface area contributed by atoms with E-state index in [-0.39, 0.29) is 138 Å². The third-order valence-corrected chi connectivity index (χ3v) is 22.7. The fourth-order valence-electron chi connectivity index (χ4n) is 15.7. The van der Waals surface area contributed by atoms with Crippen molar-refractivity contribution in [3.8, 4) is 17.1 Å². The summed E-state index contributed by atoms with van der Waals surface area (Å²) in [4.78, 5) is 163. The molecule has 133 heavy (non-hydrogen) atoms. The lowest BCUT2D eigenvalue weighted by molar-refractivity contribution is -0.271. The smallest absolute Gasteiger partial charge is 0.407 e. The van der Waals surface area contributed by atoms with Gasteiger partial charge in [-0.3, -0.25) is 48.1 Å². The van der Waals surface area contributed by atoms with Gasteiger partial charge in [-0.1, -0.05) is 13.0 Å². The highest BCUT2D eigenvalue weighted by Gasteiger charge is 2.51. The lowest BCUT2D eigenvalue weighted by atomic mass is 9.85. The van der Waals surface area contributed by atoms with Gasteiger partial charge < -0.3 is 153 Å². The van der Waals surface area contributed by atoms with Crippen molar-refractivity contribution < 1.29 is 164 Å². The van der Waals surface area contributed by atoms with Crippen LogP contribution in [-0.4, -0.2) is 358 Å². The summed E-state index contributed by atoms with van der Waals surface area (Å²) in [6.07, 6.45) is -9.25. The first-order chi connectivity index (χ1) is 64.4. The first-order valence-corrected chi connectivity index (χ1v) is 44.5. The molecule has 9 amide bonds. The second kappa shape index (κ2) is 53.2. The van der Waals surface area contributed by atoms with E-state index in [1.807, 2.05) is 0 Å². The number of amides is 9. The summed E-state index contributed by atoms with van der Waals surface area (Å²) in [5.41, 5.74) is 2.96. The van der Waals surface area contributed by atoms with E-state index in [4.69, 9.17) is 90.2 Å². The highest BCUT2D eigenvalue weighted by molar-refractivity contribution is 6.13. The van der Waals surface area contributed by atoms with Crippen LogP contribution in [0.5, 0.6) is 5.75 Å². The van der Waals surface area contributed by atoms with E-state index in [0.29, 0.717) is 174 Å². The number of hydrogen-bond acceptors (Lipinski definition) is 35. The van der Waals surface area contributed by atoms with Crippen molar-refractivity contribution in [3.05, 3.63) is 97.8 Å². The maximum Gasteiger partial charge on any atom is 0.407 e. The Balaban J connectivity index is 0.561. The Hall–Kier alpha value is -10.3. The van der Waals surface area contributed by atoms with Gasteiger partial charge in [0.1, 0.15) is 62.1 Å². The standard InChI is InChI=1S/C88H120N10O35/c1-3-88(115)59-45-65-75-57(48-98(65)83(110)58(59)50-130-86(88)113)55-6-4-7-56-60(11-12-61(96-75)74(55)56)92-71(103)47-91-87(114)131-49-53-10-13-66(132-85-78(108)76(106)77(107)81(133-85)84(111)112)54(44-53)46-90-67(99)16-19-89-82(109)62(93-69(101)17-20-97-72(104)14-15-73(97)105)8-5-9-68(100)94-63-51-128-80-64(52-129-79(63)80)95-70(102)18-21-117-24-25-119-28-29-121-32-33-123-36-37-125-40-41-127-43-42-126-39-38-124-35-34-122-31-30-120-27-26-118-23-22-116-2/h10-15,44-45,62-64,76-81,85,106-108,115H,3-9,16-43,46-52H2,1-2H3,(H,89,109)(H,90,99)(H,91,114)(H,92,103)(H,93,101)(H,94,100)(H,95,102)(H,111,112)/t62-,63-,64-,76-,77-,78+,79+,80+,81-,85+,88-/m0/s1. The van der Waals surface area contributed by atoms with Gasteiger partial charge in [-0.15, -0.1) is 0 Å². The molecule has 0 spiro atoms. The topological polar surface area (TPSA) is 577 Å². The van der Waals surface area contributed by atoms with Crippen molar-refractivity contribution in [2.24, 2.45) is 0 Å². The number of methoxy groups -OCH3 is 1. The number of fused-ring (bicyclic) bond motifs is 6. The maximum absolute atomic E-state index is 13.9. The third-order valence-electron chi connectivity index (χ3n) is 22.7. The number of ether oxygens (including phenoxy) is 18. The van der Waals surface area contributed by atoms with Gasteiger partial charge in [0.25, 0.3) is 17.4 Å². The number of esters is 1. The summed E-state index contributed by atoms with van der Waals surface area (Å²) in [5, 5.41) is 72.7. The minimum absolute atomic E-state index is 0.0145. The second-order valence-corrected chi connectivity index (χ2v) is 31.8. The summed E-state index contributed by atoms with van der Waals surface area (Å²) in [6.45, 7) is 9.27. The van der Waals surface area contributed by atoms with Crippen molar-refractivity contribution >= 4 is 81.9 Å². The molecule has 6 aliphatic heterocycles. The van der Waals surface area contributed by atoms with Gasteiger partial charge in [-0.05, 0) is 85.5 Å². The van der Waals surface area contributed by atoms with Crippen molar-refractivity contribution in [1.29, 1.82) is 0 Å². The number of carboxylic acid groups (broad SMARTS) is 1. The molecule has 11 atom stereocenters. The van der Waals surface area contributed by atoms with Gasteiger partial charge >= 0.3 is 18.0 Å². The highest BCUT2D eigenvalue weighted by atomic mass is 16.7. The molecule has 4 aromatic rings. The van der Waals surface area contributed by atoms with Crippen molar-refractivity contribution in [2.75, 3.05) is 197 Å². The number of hydrogen-bond donors (Lipinski definition) is 12. The van der Waals surface area contributed by atoms with Gasteiger partial charge in [0.2, 0.25) is 41.7 Å². The Bertz CT molecular complexity index is 4690. The number of nitrogens with zero attached hydrogens (tertiary/aromatic N) is 3. The number of aromatic nitrogens is 2. The van der Waals surface area contributed by atoms with E-state index >= 15 is 0 Å². The highest BCUT2D eigenvalue weighted by Crippen LogP contribution is 2.44. The summed E-state index contributed by atoms with van der Waals surface area (Å²) in [5.74, 6) is -7.48. The Kier molecular flexibility index (Phi) is 41.3. The largest absolute Gasteiger partial charge is 0.479 e. The number of carbonyl (C=O) groups is 11. The normalized spacial score (nSPS) is 21.1. The van der Waals surface area contributed by atoms with Gasteiger partial charge in [-0.25, -0.2) is 19.4 Å². The van der Waals surface area contributed by atoms with Crippen LogP contribution in [0.25, 0.3) is 22.3 Å². The summed E-state index contributed by atoms with van der Waals surface area (Å²) in [6, 6.07) is 6.75. The Morgan fingerprint density at radius 2 is 1.16 bits per heavy atom. The molecule has 3 saturated heterocycles. The SMILES string of the molecule is CC[C@@]1(O)C(=O)OCc2c1cc1n(c2=O)Cc2c-1nc1ccc(NC(=O)CNC(=O)OCc3ccc(O[C@@H]4O[C@H](C(=O)O)[C@@H](O)[C@H](O)[C@H]4O)c(CNC(=O)CCNC(=O)[C@H](CCCC(=O)N[C@H]4CO[C@H]5[C@@H]4OC[C@@H]5NC(=O)CCOCCOCCOCCOCCOCCOCCOCCOCCOCCOCCOCCOC)NC(=O)CCN4C(=O)C=CC4=O)c3)c3c1c2CCC3. The lowest BCUT2D eigenvalue weighted by Gasteiger charge is -2.38. The van der Waals surface area contributed by atoms with E-state index in [9.17, 15) is 83.1 Å². The number of aliphatic hydroxyl groups is 4. The van der Waals surface area contributed by atoms with Gasteiger partial charge in [0, 0.05) is 92.3 Å². The molecule has 11 rings (SSSR count). The number of benzene rings is 2. The average Bonchev–Trinajstić information content (AvgIpc) is 1.58. The van der Waals surface area contributed by atoms with Crippen LogP contribution < -0.4 is 47.5 Å². The number of rotatable bonds is 61. The van der Waals surface area contributed by atoms with E-state index in [1.165, 1.54) is 18.2 Å². The Morgan fingerprint density at radius 1 is 0.594 bits per heavy atom. The number of pyridine rings is 2. The van der Waals surface area contributed by atoms with Crippen LogP contribution in [0.3, 0.4) is 0 Å². The number of nitrogens with one attached hydrogen (secondary N) is 7. The molecule has 2 aromatic carbocycles. The molecule has 7 aliphatic rings. The van der Waals surface area contributed by atoms with Crippen molar-refractivity contribution in [2.45, 2.75) is 164 Å².